The van der Waals surface area contributed by atoms with E-state index in [9.17, 15) is 13.6 Å². The second-order valence-electron chi connectivity index (χ2n) is 3.38. The summed E-state index contributed by atoms with van der Waals surface area (Å²) >= 11 is 0. The third-order valence-corrected chi connectivity index (χ3v) is 2.32. The molecule has 0 saturated carbocycles. The van der Waals surface area contributed by atoms with Gasteiger partial charge in [0.1, 0.15) is 17.4 Å². The second-order valence-corrected chi connectivity index (χ2v) is 3.38. The summed E-state index contributed by atoms with van der Waals surface area (Å²) in [5.41, 5.74) is 0.596. The zero-order valence-electron chi connectivity index (χ0n) is 8.46. The Labute approximate surface area is 90.5 Å². The van der Waals surface area contributed by atoms with Gasteiger partial charge < -0.3 is 4.42 Å². The molecule has 0 spiro atoms. The summed E-state index contributed by atoms with van der Waals surface area (Å²) in [6.07, 6.45) is 0.536. The molecule has 4 heteroatoms. The largest absolute Gasteiger partial charge is 0.453 e. The average molecular weight is 222 g/mol. The number of furan rings is 1. The quantitative estimate of drug-likeness (QED) is 0.729. The minimum atomic E-state index is -0.679. The Kier molecular flexibility index (Phi) is 2.56. The highest BCUT2D eigenvalue weighted by atomic mass is 19.1. The van der Waals surface area contributed by atoms with Crippen molar-refractivity contribution in [3.63, 3.8) is 0 Å². The molecule has 0 bridgehead atoms. The maximum atomic E-state index is 13.3. The van der Waals surface area contributed by atoms with E-state index in [1.54, 1.807) is 0 Å². The molecule has 0 fully saturated rings. The van der Waals surface area contributed by atoms with Gasteiger partial charge in [-0.05, 0) is 30.7 Å². The van der Waals surface area contributed by atoms with E-state index in [0.717, 1.165) is 6.07 Å². The predicted molar refractivity (Wildman–Crippen MR) is 54.2 cm³/mol. The van der Waals surface area contributed by atoms with Crippen LogP contribution >= 0.6 is 0 Å². The Morgan fingerprint density at radius 3 is 2.62 bits per heavy atom. The number of halogens is 2. The van der Waals surface area contributed by atoms with E-state index in [1.807, 2.05) is 0 Å². The highest BCUT2D eigenvalue weighted by Gasteiger charge is 2.12. The lowest BCUT2D eigenvalue weighted by Gasteiger charge is -2.03. The summed E-state index contributed by atoms with van der Waals surface area (Å²) in [5.74, 6) is -0.918. The van der Waals surface area contributed by atoms with Crippen molar-refractivity contribution in [2.45, 2.75) is 6.92 Å². The summed E-state index contributed by atoms with van der Waals surface area (Å²) < 4.78 is 31.4. The molecule has 0 saturated heterocycles. The summed E-state index contributed by atoms with van der Waals surface area (Å²) in [4.78, 5) is 10.4. The van der Waals surface area contributed by atoms with Gasteiger partial charge in [-0.1, -0.05) is 0 Å². The minimum Gasteiger partial charge on any atom is -0.453 e. The number of hydrogen-bond acceptors (Lipinski definition) is 2. The molecule has 1 heterocycles. The van der Waals surface area contributed by atoms with Crippen molar-refractivity contribution in [1.82, 2.24) is 0 Å². The van der Waals surface area contributed by atoms with Crippen LogP contribution in [0, 0.1) is 18.6 Å². The molecule has 0 aliphatic heterocycles. The van der Waals surface area contributed by atoms with Crippen LogP contribution in [0.15, 0.2) is 28.7 Å². The lowest BCUT2D eigenvalue weighted by Crippen LogP contribution is -1.89. The third kappa shape index (κ3) is 1.74. The van der Waals surface area contributed by atoms with Crippen LogP contribution in [0.1, 0.15) is 16.1 Å². The summed E-state index contributed by atoms with van der Waals surface area (Å²) in [6, 6.07) is 4.93. The first kappa shape index (κ1) is 10.5. The van der Waals surface area contributed by atoms with Crippen molar-refractivity contribution < 1.29 is 18.0 Å². The maximum absolute atomic E-state index is 13.3. The Hall–Kier alpha value is -1.97. The fraction of sp³-hybridized carbons (Fsp3) is 0.0833. The first-order chi connectivity index (χ1) is 7.61. The van der Waals surface area contributed by atoms with Crippen molar-refractivity contribution in [1.29, 1.82) is 0 Å². The zero-order chi connectivity index (χ0) is 11.7. The normalized spacial score (nSPS) is 10.4. The summed E-state index contributed by atoms with van der Waals surface area (Å²) in [7, 11) is 0. The molecule has 0 atom stereocenters. The van der Waals surface area contributed by atoms with E-state index in [-0.39, 0.29) is 17.1 Å². The Bertz CT molecular complexity index is 544. The average Bonchev–Trinajstić information content (AvgIpc) is 2.71. The molecule has 1 aromatic heterocycles. The van der Waals surface area contributed by atoms with Gasteiger partial charge in [0.15, 0.2) is 12.0 Å². The molecule has 2 nitrogen and oxygen atoms in total. The molecule has 0 aliphatic rings. The van der Waals surface area contributed by atoms with Gasteiger partial charge in [-0.2, -0.15) is 0 Å². The number of carbonyl (C=O) groups excluding carboxylic acids is 1. The summed E-state index contributed by atoms with van der Waals surface area (Å²) in [6.45, 7) is 1.52. The highest BCUT2D eigenvalue weighted by Crippen LogP contribution is 2.27. The Morgan fingerprint density at radius 1 is 1.25 bits per heavy atom. The number of hydrogen-bond donors (Lipinski definition) is 0. The van der Waals surface area contributed by atoms with E-state index in [0.29, 0.717) is 11.8 Å². The van der Waals surface area contributed by atoms with Crippen LogP contribution in [0.3, 0.4) is 0 Å². The van der Waals surface area contributed by atoms with Crippen LogP contribution in [0.2, 0.25) is 0 Å². The van der Waals surface area contributed by atoms with Crippen molar-refractivity contribution in [2.24, 2.45) is 0 Å². The van der Waals surface area contributed by atoms with Gasteiger partial charge in [-0.15, -0.1) is 0 Å². The van der Waals surface area contributed by atoms with Gasteiger partial charge in [0.05, 0.1) is 0 Å². The minimum absolute atomic E-state index is 0.124. The zero-order valence-corrected chi connectivity index (χ0v) is 8.46. The van der Waals surface area contributed by atoms with Crippen molar-refractivity contribution >= 4 is 6.29 Å². The standard InChI is InChI=1S/C12H8F2O2/c1-7-10(4-8(13)5-11(7)14)12-3-2-9(6-15)16-12/h2-6H,1H3. The van der Waals surface area contributed by atoms with E-state index in [2.05, 4.69) is 0 Å². The van der Waals surface area contributed by atoms with Gasteiger partial charge in [-0.3, -0.25) is 4.79 Å². The molecule has 1 aromatic carbocycles. The van der Waals surface area contributed by atoms with Crippen molar-refractivity contribution in [2.75, 3.05) is 0 Å². The van der Waals surface area contributed by atoms with Crippen LogP contribution in [-0.2, 0) is 0 Å². The molecule has 0 radical (unpaired) electrons. The van der Waals surface area contributed by atoms with Gasteiger partial charge in [0, 0.05) is 11.6 Å². The number of benzene rings is 1. The Morgan fingerprint density at radius 2 is 2.00 bits per heavy atom. The number of aldehydes is 1. The number of rotatable bonds is 2. The molecule has 0 N–H and O–H groups in total. The van der Waals surface area contributed by atoms with Crippen LogP contribution in [0.5, 0.6) is 0 Å². The summed E-state index contributed by atoms with van der Waals surface area (Å²) in [5, 5.41) is 0. The van der Waals surface area contributed by atoms with Crippen LogP contribution in [0.25, 0.3) is 11.3 Å². The van der Waals surface area contributed by atoms with E-state index in [4.69, 9.17) is 4.42 Å². The van der Waals surface area contributed by atoms with E-state index in [1.165, 1.54) is 25.1 Å². The molecule has 16 heavy (non-hydrogen) atoms. The molecular weight excluding hydrogens is 214 g/mol. The highest BCUT2D eigenvalue weighted by molar-refractivity contribution is 5.73. The number of carbonyl (C=O) groups is 1. The van der Waals surface area contributed by atoms with Crippen LogP contribution < -0.4 is 0 Å². The van der Waals surface area contributed by atoms with Gasteiger partial charge in [-0.25, -0.2) is 8.78 Å². The SMILES string of the molecule is Cc1c(F)cc(F)cc1-c1ccc(C=O)o1. The lowest BCUT2D eigenvalue weighted by atomic mass is 10.1. The third-order valence-electron chi connectivity index (χ3n) is 2.32. The topological polar surface area (TPSA) is 30.2 Å². The fourth-order valence-electron chi connectivity index (χ4n) is 1.46. The van der Waals surface area contributed by atoms with Gasteiger partial charge >= 0.3 is 0 Å². The van der Waals surface area contributed by atoms with Gasteiger partial charge in [0.2, 0.25) is 0 Å². The van der Waals surface area contributed by atoms with Crippen molar-refractivity contribution in [3.05, 3.63) is 47.2 Å². The fourth-order valence-corrected chi connectivity index (χ4v) is 1.46. The predicted octanol–water partition coefficient (Wildman–Crippen LogP) is 3.35. The maximum Gasteiger partial charge on any atom is 0.185 e. The van der Waals surface area contributed by atoms with E-state index >= 15 is 0 Å². The van der Waals surface area contributed by atoms with Gasteiger partial charge in [0.25, 0.3) is 0 Å². The molecule has 0 amide bonds. The molecule has 82 valence electrons. The smallest absolute Gasteiger partial charge is 0.185 e. The first-order valence-electron chi connectivity index (χ1n) is 4.63. The van der Waals surface area contributed by atoms with Crippen LogP contribution in [-0.4, -0.2) is 6.29 Å². The Balaban J connectivity index is 2.58. The molecule has 0 unspecified atom stereocenters. The second kappa shape index (κ2) is 3.89. The molecule has 0 aliphatic carbocycles. The van der Waals surface area contributed by atoms with Crippen molar-refractivity contribution in [3.8, 4) is 11.3 Å². The molecule has 2 aromatic rings. The first-order valence-corrected chi connectivity index (χ1v) is 4.63. The monoisotopic (exact) mass is 222 g/mol. The van der Waals surface area contributed by atoms with E-state index < -0.39 is 11.6 Å². The molecule has 2 rings (SSSR count). The lowest BCUT2D eigenvalue weighted by molar-refractivity contribution is 0.110. The van der Waals surface area contributed by atoms with Crippen LogP contribution in [0.4, 0.5) is 8.78 Å². The molecular formula is C12H8F2O2.